The first-order chi connectivity index (χ1) is 11.8. The largest absolute Gasteiger partial charge is 0.452 e. The first kappa shape index (κ1) is 18.5. The minimum absolute atomic E-state index is 0.234. The van der Waals surface area contributed by atoms with E-state index in [-0.39, 0.29) is 11.5 Å². The fraction of sp³-hybridized carbons (Fsp3) is 0.167. The van der Waals surface area contributed by atoms with E-state index >= 15 is 0 Å². The molecule has 0 atom stereocenters. The highest BCUT2D eigenvalue weighted by atomic mass is 35.5. The fourth-order valence-corrected chi connectivity index (χ4v) is 2.23. The molecule has 0 spiro atoms. The summed E-state index contributed by atoms with van der Waals surface area (Å²) in [5.41, 5.74) is 2.10. The van der Waals surface area contributed by atoms with Gasteiger partial charge in [-0.05, 0) is 42.8 Å². The van der Waals surface area contributed by atoms with Crippen LogP contribution in [0.5, 0.6) is 0 Å². The van der Waals surface area contributed by atoms with E-state index in [4.69, 9.17) is 16.3 Å². The Morgan fingerprint density at radius 3 is 2.56 bits per heavy atom. The molecule has 2 amide bonds. The number of hydrogen-bond acceptors (Lipinski definition) is 4. The van der Waals surface area contributed by atoms with Gasteiger partial charge in [-0.15, -0.1) is 0 Å². The predicted molar refractivity (Wildman–Crippen MR) is 95.8 cm³/mol. The Bertz CT molecular complexity index is 820. The van der Waals surface area contributed by atoms with E-state index in [0.29, 0.717) is 16.4 Å². The Kier molecular flexibility index (Phi) is 6.14. The SMILES string of the molecule is CC(=O)Nc1cccc(C(=O)OCC(=O)Nc2cc(Cl)ccc2C)c1. The maximum absolute atomic E-state index is 12.0. The molecule has 0 heterocycles. The molecule has 2 aromatic rings. The molecule has 2 aromatic carbocycles. The molecule has 2 rings (SSSR count). The van der Waals surface area contributed by atoms with Crippen LogP contribution >= 0.6 is 11.6 Å². The number of amides is 2. The lowest BCUT2D eigenvalue weighted by atomic mass is 10.2. The van der Waals surface area contributed by atoms with Crippen LogP contribution in [0.25, 0.3) is 0 Å². The Balaban J connectivity index is 1.94. The number of nitrogens with one attached hydrogen (secondary N) is 2. The van der Waals surface area contributed by atoms with Crippen LogP contribution in [0.3, 0.4) is 0 Å². The second-order valence-electron chi connectivity index (χ2n) is 5.35. The van der Waals surface area contributed by atoms with E-state index in [0.717, 1.165) is 5.56 Å². The van der Waals surface area contributed by atoms with Crippen molar-refractivity contribution in [3.63, 3.8) is 0 Å². The molecule has 0 aromatic heterocycles. The van der Waals surface area contributed by atoms with Crippen molar-refractivity contribution in [3.05, 3.63) is 58.6 Å². The van der Waals surface area contributed by atoms with Crippen LogP contribution in [0.4, 0.5) is 11.4 Å². The highest BCUT2D eigenvalue weighted by molar-refractivity contribution is 6.31. The summed E-state index contributed by atoms with van der Waals surface area (Å²) in [5, 5.41) is 5.70. The zero-order valence-electron chi connectivity index (χ0n) is 13.8. The average molecular weight is 361 g/mol. The molecule has 130 valence electrons. The summed E-state index contributed by atoms with van der Waals surface area (Å²) >= 11 is 5.89. The minimum Gasteiger partial charge on any atom is -0.452 e. The Labute approximate surface area is 150 Å². The first-order valence-corrected chi connectivity index (χ1v) is 7.84. The van der Waals surface area contributed by atoms with Gasteiger partial charge in [0.1, 0.15) is 0 Å². The lowest BCUT2D eigenvalue weighted by Gasteiger charge is -2.10. The van der Waals surface area contributed by atoms with Gasteiger partial charge in [-0.25, -0.2) is 4.79 Å². The molecular formula is C18H17ClN2O4. The van der Waals surface area contributed by atoms with Crippen LogP contribution in [-0.2, 0) is 14.3 Å². The van der Waals surface area contributed by atoms with Gasteiger partial charge in [0.2, 0.25) is 5.91 Å². The molecule has 2 N–H and O–H groups in total. The summed E-state index contributed by atoms with van der Waals surface area (Å²) in [6.45, 7) is 2.76. The minimum atomic E-state index is -0.662. The smallest absolute Gasteiger partial charge is 0.338 e. The molecule has 7 heteroatoms. The zero-order valence-corrected chi connectivity index (χ0v) is 14.5. The molecular weight excluding hydrogens is 344 g/mol. The van der Waals surface area contributed by atoms with Gasteiger partial charge in [-0.1, -0.05) is 23.7 Å². The van der Waals surface area contributed by atoms with Crippen LogP contribution in [0.1, 0.15) is 22.8 Å². The predicted octanol–water partition coefficient (Wildman–Crippen LogP) is 3.40. The van der Waals surface area contributed by atoms with Crippen LogP contribution in [0, 0.1) is 6.92 Å². The summed E-state index contributed by atoms with van der Waals surface area (Å²) < 4.78 is 5.00. The quantitative estimate of drug-likeness (QED) is 0.800. The Hall–Kier alpha value is -2.86. The van der Waals surface area contributed by atoms with Crippen molar-refractivity contribution >= 4 is 40.8 Å². The van der Waals surface area contributed by atoms with E-state index in [1.807, 2.05) is 6.92 Å². The van der Waals surface area contributed by atoms with Crippen LogP contribution in [0.15, 0.2) is 42.5 Å². The Morgan fingerprint density at radius 1 is 1.08 bits per heavy atom. The van der Waals surface area contributed by atoms with Crippen molar-refractivity contribution < 1.29 is 19.1 Å². The van der Waals surface area contributed by atoms with Gasteiger partial charge in [0.05, 0.1) is 5.56 Å². The highest BCUT2D eigenvalue weighted by Gasteiger charge is 2.12. The number of hydrogen-bond donors (Lipinski definition) is 2. The van der Waals surface area contributed by atoms with Gasteiger partial charge >= 0.3 is 5.97 Å². The Morgan fingerprint density at radius 2 is 1.84 bits per heavy atom. The summed E-state index contributed by atoms with van der Waals surface area (Å²) in [6.07, 6.45) is 0. The zero-order chi connectivity index (χ0) is 18.4. The second kappa shape index (κ2) is 8.30. The lowest BCUT2D eigenvalue weighted by Crippen LogP contribution is -2.21. The molecule has 0 fully saturated rings. The van der Waals surface area contributed by atoms with E-state index in [1.165, 1.54) is 19.1 Å². The van der Waals surface area contributed by atoms with Crippen molar-refractivity contribution in [2.24, 2.45) is 0 Å². The van der Waals surface area contributed by atoms with Crippen molar-refractivity contribution in [3.8, 4) is 0 Å². The van der Waals surface area contributed by atoms with Crippen LogP contribution in [0.2, 0.25) is 5.02 Å². The third-order valence-corrected chi connectivity index (χ3v) is 3.46. The summed E-state index contributed by atoms with van der Waals surface area (Å²) in [6, 6.07) is 11.4. The standard InChI is InChI=1S/C18H17ClN2O4/c1-11-6-7-14(19)9-16(11)21-17(23)10-25-18(24)13-4-3-5-15(8-13)20-12(2)22/h3-9H,10H2,1-2H3,(H,20,22)(H,21,23). The highest BCUT2D eigenvalue weighted by Crippen LogP contribution is 2.20. The monoisotopic (exact) mass is 360 g/mol. The molecule has 0 aliphatic heterocycles. The maximum atomic E-state index is 12.0. The fourth-order valence-electron chi connectivity index (χ4n) is 2.06. The van der Waals surface area contributed by atoms with Crippen molar-refractivity contribution in [1.29, 1.82) is 0 Å². The first-order valence-electron chi connectivity index (χ1n) is 7.46. The molecule has 0 unspecified atom stereocenters. The number of ether oxygens (including phenoxy) is 1. The molecule has 0 saturated carbocycles. The number of carbonyl (C=O) groups is 3. The van der Waals surface area contributed by atoms with Gasteiger partial charge in [0.25, 0.3) is 5.91 Å². The van der Waals surface area contributed by atoms with Crippen molar-refractivity contribution in [2.45, 2.75) is 13.8 Å². The van der Waals surface area contributed by atoms with Crippen LogP contribution in [-0.4, -0.2) is 24.4 Å². The molecule has 0 radical (unpaired) electrons. The van der Waals surface area contributed by atoms with Gasteiger partial charge in [0.15, 0.2) is 6.61 Å². The number of rotatable bonds is 5. The molecule has 0 saturated heterocycles. The third-order valence-electron chi connectivity index (χ3n) is 3.23. The number of benzene rings is 2. The molecule has 0 aliphatic rings. The van der Waals surface area contributed by atoms with E-state index in [9.17, 15) is 14.4 Å². The number of halogens is 1. The van der Waals surface area contributed by atoms with Gasteiger partial charge < -0.3 is 15.4 Å². The lowest BCUT2D eigenvalue weighted by molar-refractivity contribution is -0.119. The number of aryl methyl sites for hydroxylation is 1. The number of carbonyl (C=O) groups excluding carboxylic acids is 3. The normalized spacial score (nSPS) is 10.0. The average Bonchev–Trinajstić information content (AvgIpc) is 2.55. The number of anilines is 2. The van der Waals surface area contributed by atoms with E-state index in [2.05, 4.69) is 10.6 Å². The molecule has 0 aliphatic carbocycles. The molecule has 6 nitrogen and oxygen atoms in total. The summed E-state index contributed by atoms with van der Waals surface area (Å²) in [4.78, 5) is 35.0. The van der Waals surface area contributed by atoms with Crippen molar-refractivity contribution in [2.75, 3.05) is 17.2 Å². The van der Waals surface area contributed by atoms with Crippen molar-refractivity contribution in [1.82, 2.24) is 0 Å². The van der Waals surface area contributed by atoms with Gasteiger partial charge in [-0.3, -0.25) is 9.59 Å². The summed E-state index contributed by atoms with van der Waals surface area (Å²) in [5.74, 6) is -1.39. The number of esters is 1. The summed E-state index contributed by atoms with van der Waals surface area (Å²) in [7, 11) is 0. The topological polar surface area (TPSA) is 84.5 Å². The van der Waals surface area contributed by atoms with E-state index in [1.54, 1.807) is 30.3 Å². The van der Waals surface area contributed by atoms with Gasteiger partial charge in [0, 0.05) is 23.3 Å². The second-order valence-corrected chi connectivity index (χ2v) is 5.78. The maximum Gasteiger partial charge on any atom is 0.338 e. The molecule has 0 bridgehead atoms. The van der Waals surface area contributed by atoms with Crippen LogP contribution < -0.4 is 10.6 Å². The third kappa shape index (κ3) is 5.61. The van der Waals surface area contributed by atoms with Gasteiger partial charge in [-0.2, -0.15) is 0 Å². The van der Waals surface area contributed by atoms with E-state index < -0.39 is 18.5 Å². The molecule has 25 heavy (non-hydrogen) atoms.